The first-order valence-electron chi connectivity index (χ1n) is 49.3. The van der Waals surface area contributed by atoms with Crippen LogP contribution < -0.4 is 14.7 Å². The quantitative estimate of drug-likeness (QED) is 0.0856. The highest BCUT2D eigenvalue weighted by Crippen LogP contribution is 2.50. The number of aromatic nitrogens is 3. The fourth-order valence-corrected chi connectivity index (χ4v) is 21.3. The normalized spacial score (nSPS) is 11.3. The number of rotatable bonds is 18. The first-order valence-corrected chi connectivity index (χ1v) is 49.3. The third-order valence-corrected chi connectivity index (χ3v) is 28.1. The molecule has 678 valence electrons. The summed E-state index contributed by atoms with van der Waals surface area (Å²) in [6.07, 6.45) is 0. The van der Waals surface area contributed by atoms with Gasteiger partial charge in [0.15, 0.2) is 0 Å². The van der Waals surface area contributed by atoms with Gasteiger partial charge < -0.3 is 28.4 Å². The summed E-state index contributed by atoms with van der Waals surface area (Å²) in [5.74, 6) is 0. The van der Waals surface area contributed by atoms with Crippen LogP contribution in [-0.2, 0) is 0 Å². The molecule has 0 aliphatic heterocycles. The predicted octanol–water partition coefficient (Wildman–Crippen LogP) is 38.2. The van der Waals surface area contributed by atoms with E-state index < -0.39 is 0 Å². The van der Waals surface area contributed by atoms with E-state index in [2.05, 4.69) is 611 Å². The van der Waals surface area contributed by atoms with Gasteiger partial charge >= 0.3 is 0 Å². The Morgan fingerprint density at radius 3 is 0.924 bits per heavy atom. The van der Waals surface area contributed by atoms with Crippen molar-refractivity contribution in [3.05, 3.63) is 582 Å². The van der Waals surface area contributed by atoms with Crippen LogP contribution in [0.4, 0.5) is 51.2 Å². The predicted molar refractivity (Wildman–Crippen MR) is 612 cm³/mol. The molecule has 144 heavy (non-hydrogen) atoms. The number of fused-ring (bicyclic) bond motifs is 13. The zero-order valence-corrected chi connectivity index (χ0v) is 79.1. The molecule has 0 saturated carbocycles. The van der Waals surface area contributed by atoms with Crippen LogP contribution in [0.2, 0.25) is 0 Å². The Morgan fingerprint density at radius 2 is 0.451 bits per heavy atom. The summed E-state index contributed by atoms with van der Waals surface area (Å²) in [5.41, 5.74) is 35.2. The molecule has 0 aliphatic carbocycles. The Labute approximate surface area is 837 Å². The Hall–Kier alpha value is -19.1. The van der Waals surface area contributed by atoms with E-state index >= 15 is 0 Å². The minimum atomic E-state index is 1.11. The van der Waals surface area contributed by atoms with Gasteiger partial charge in [0.05, 0.1) is 44.5 Å². The molecule has 0 aliphatic rings. The maximum absolute atomic E-state index is 2.44. The third-order valence-electron chi connectivity index (χ3n) is 28.1. The van der Waals surface area contributed by atoms with Crippen molar-refractivity contribution in [1.29, 1.82) is 0 Å². The second kappa shape index (κ2) is 38.3. The SMILES string of the molecule is c1ccc(-c2ccc(N(c3ccc(-c4ccccc4)cc3)c3cccc4c3c3ccc5ccccc5c3n4-c3ccccc3)cc2)cc1.c1ccc(-c2ccc(N(c3ccc4cc5c(cc4c3)c3ccccc3n5-c3ccccc3)c3ccccc3-c3ccccc3)cc2)cc1.c1ccc(-c2ccc(N(c3ccccc3)c3ccc4cc5c(cc4c3)c3ccccc3n5-c3ccccc3)cc2-c2ccccc2)cc1. The van der Waals surface area contributed by atoms with Crippen molar-refractivity contribution in [3.63, 3.8) is 0 Å². The lowest BCUT2D eigenvalue weighted by atomic mass is 9.93. The van der Waals surface area contributed by atoms with E-state index in [1.165, 1.54) is 176 Å². The van der Waals surface area contributed by atoms with Crippen LogP contribution in [0.25, 0.3) is 182 Å². The van der Waals surface area contributed by atoms with E-state index in [0.717, 1.165) is 56.9 Å². The van der Waals surface area contributed by atoms with Gasteiger partial charge in [-0.15, -0.1) is 0 Å². The fraction of sp³-hybridized carbons (Fsp3) is 0. The van der Waals surface area contributed by atoms with Crippen LogP contribution in [0.15, 0.2) is 582 Å². The molecule has 0 amide bonds. The van der Waals surface area contributed by atoms with Crippen LogP contribution in [0.5, 0.6) is 0 Å². The lowest BCUT2D eigenvalue weighted by Gasteiger charge is -2.28. The highest BCUT2D eigenvalue weighted by atomic mass is 15.2. The summed E-state index contributed by atoms with van der Waals surface area (Å²) in [6.45, 7) is 0. The lowest BCUT2D eigenvalue weighted by Crippen LogP contribution is -2.11. The molecule has 0 fully saturated rings. The highest BCUT2D eigenvalue weighted by molar-refractivity contribution is 6.23. The standard InChI is InChI=1S/3C46H32N2/c1-5-15-33(16-6-1)41-28-27-40(32-43(41)34-17-7-2-8-18-34)47(37-19-9-3-10-20-37)39-26-25-35-31-46-44(30-36(35)29-39)42-23-13-14-24-45(42)48(46)38-21-11-4-12-22-38;1-4-14-33(15-5-1)34-24-27-39(28-25-34)47(44-22-12-10-20-41(44)35-16-6-2-7-17-35)40-29-26-36-32-46-43(31-37(36)30-40)42-21-11-13-23-45(42)48(46)38-18-8-3-9-19-38;1-4-13-33(14-5-1)35-23-28-39(29-24-35)47(40-30-25-36(26-31-40)34-15-6-2-7-16-34)43-21-12-22-44-45(43)42-32-27-37-17-10-11-20-41(37)46(42)48(44)38-18-8-3-9-19-38/h3*1-32H. The number of hydrogen-bond donors (Lipinski definition) is 0. The zero-order chi connectivity index (χ0) is 95.6. The molecule has 6 nitrogen and oxygen atoms in total. The van der Waals surface area contributed by atoms with Gasteiger partial charge in [-0.1, -0.05) is 406 Å². The van der Waals surface area contributed by atoms with Crippen LogP contribution in [-0.4, -0.2) is 13.7 Å². The monoisotopic (exact) mass is 1840 g/mol. The van der Waals surface area contributed by atoms with Gasteiger partial charge in [-0.2, -0.15) is 0 Å². The van der Waals surface area contributed by atoms with Crippen molar-refractivity contribution < 1.29 is 0 Å². The first kappa shape index (κ1) is 86.4. The Bertz CT molecular complexity index is 9220. The lowest BCUT2D eigenvalue weighted by molar-refractivity contribution is 1.18. The maximum atomic E-state index is 2.44. The topological polar surface area (TPSA) is 24.5 Å². The van der Waals surface area contributed by atoms with E-state index in [9.17, 15) is 0 Å². The molecule has 27 rings (SSSR count). The second-order valence-corrected chi connectivity index (χ2v) is 36.6. The summed E-state index contributed by atoms with van der Waals surface area (Å²) in [7, 11) is 0. The summed E-state index contributed by atoms with van der Waals surface area (Å²) in [5, 5.41) is 14.8. The second-order valence-electron chi connectivity index (χ2n) is 36.6. The molecule has 3 aromatic heterocycles. The Balaban J connectivity index is 0.000000113. The summed E-state index contributed by atoms with van der Waals surface area (Å²) in [4.78, 5) is 7.18. The largest absolute Gasteiger partial charge is 0.310 e. The van der Waals surface area contributed by atoms with Crippen LogP contribution >= 0.6 is 0 Å². The third kappa shape index (κ3) is 16.5. The molecule has 24 aromatic carbocycles. The average Bonchev–Trinajstić information content (AvgIpc) is 1.58. The van der Waals surface area contributed by atoms with Crippen molar-refractivity contribution in [2.75, 3.05) is 14.7 Å². The van der Waals surface area contributed by atoms with Crippen molar-refractivity contribution in [1.82, 2.24) is 13.7 Å². The van der Waals surface area contributed by atoms with E-state index in [1.807, 2.05) is 0 Å². The number of nitrogens with zero attached hydrogens (tertiary/aromatic N) is 6. The van der Waals surface area contributed by atoms with Crippen molar-refractivity contribution in [2.24, 2.45) is 0 Å². The van der Waals surface area contributed by atoms with Crippen LogP contribution in [0, 0.1) is 0 Å². The molecule has 3 heterocycles. The number of para-hydroxylation sites is 7. The van der Waals surface area contributed by atoms with E-state index in [-0.39, 0.29) is 0 Å². The van der Waals surface area contributed by atoms with Crippen LogP contribution in [0.3, 0.4) is 0 Å². The smallest absolute Gasteiger partial charge is 0.0620 e. The van der Waals surface area contributed by atoms with Gasteiger partial charge in [0.1, 0.15) is 0 Å². The van der Waals surface area contributed by atoms with Crippen molar-refractivity contribution in [3.8, 4) is 83.8 Å². The van der Waals surface area contributed by atoms with Gasteiger partial charge in [-0.05, 0) is 264 Å². The zero-order valence-electron chi connectivity index (χ0n) is 79.1. The molecule has 0 radical (unpaired) electrons. The molecule has 27 aromatic rings. The molecule has 0 saturated heterocycles. The van der Waals surface area contributed by atoms with Gasteiger partial charge in [-0.25, -0.2) is 0 Å². The molecule has 0 bridgehead atoms. The number of hydrogen-bond acceptors (Lipinski definition) is 3. The summed E-state index contributed by atoms with van der Waals surface area (Å²) >= 11 is 0. The highest BCUT2D eigenvalue weighted by Gasteiger charge is 2.27. The van der Waals surface area contributed by atoms with Gasteiger partial charge in [0.25, 0.3) is 0 Å². The molecule has 6 heteroatoms. The minimum Gasteiger partial charge on any atom is -0.310 e. The van der Waals surface area contributed by atoms with E-state index in [0.29, 0.717) is 0 Å². The fourth-order valence-electron chi connectivity index (χ4n) is 21.3. The van der Waals surface area contributed by atoms with Crippen LogP contribution in [0.1, 0.15) is 0 Å². The molecule has 0 N–H and O–H groups in total. The molecular weight excluding hydrogens is 1740 g/mol. The Morgan fingerprint density at radius 1 is 0.132 bits per heavy atom. The average molecular weight is 1840 g/mol. The maximum Gasteiger partial charge on any atom is 0.0620 e. The summed E-state index contributed by atoms with van der Waals surface area (Å²) in [6, 6.07) is 210. The minimum absolute atomic E-state index is 1.11. The van der Waals surface area contributed by atoms with E-state index in [4.69, 9.17) is 0 Å². The Kier molecular flexibility index (Phi) is 23.0. The molecule has 0 spiro atoms. The van der Waals surface area contributed by atoms with Gasteiger partial charge in [0, 0.05) is 100 Å². The van der Waals surface area contributed by atoms with E-state index in [1.54, 1.807) is 0 Å². The molecular formula is C138H96N6. The number of benzene rings is 24. The van der Waals surface area contributed by atoms with Gasteiger partial charge in [0.2, 0.25) is 0 Å². The number of anilines is 9. The molecule has 0 unspecified atom stereocenters. The molecule has 0 atom stereocenters. The van der Waals surface area contributed by atoms with Crippen molar-refractivity contribution in [2.45, 2.75) is 0 Å². The van der Waals surface area contributed by atoms with Gasteiger partial charge in [-0.3, -0.25) is 0 Å². The van der Waals surface area contributed by atoms with Crippen molar-refractivity contribution >= 4 is 149 Å². The summed E-state index contributed by atoms with van der Waals surface area (Å²) < 4.78 is 7.20. The first-order chi connectivity index (χ1) is 71.5.